The molecule has 0 aliphatic heterocycles. The molecule has 0 aliphatic rings. The van der Waals surface area contributed by atoms with Crippen molar-refractivity contribution in [1.82, 2.24) is 10.0 Å². The maximum atomic E-state index is 12.1. The normalized spacial score (nSPS) is 11.2. The quantitative estimate of drug-likeness (QED) is 0.588. The first-order chi connectivity index (χ1) is 13.3. The molecule has 2 N–H and O–H groups in total. The first kappa shape index (κ1) is 21.9. The fraction of sp³-hybridized carbons (Fsp3) is 0.350. The maximum Gasteiger partial charge on any atom is 0.258 e. The van der Waals surface area contributed by atoms with Gasteiger partial charge >= 0.3 is 0 Å². The molecule has 1 amide bonds. The van der Waals surface area contributed by atoms with E-state index in [2.05, 4.69) is 10.0 Å². The molecule has 2 rings (SSSR count). The Kier molecular flexibility index (Phi) is 7.98. The molecule has 0 spiro atoms. The predicted molar refractivity (Wildman–Crippen MR) is 107 cm³/mol. The highest BCUT2D eigenvalue weighted by Gasteiger charge is 2.13. The number of rotatable bonds is 10. The van der Waals surface area contributed by atoms with Gasteiger partial charge in [-0.15, -0.1) is 0 Å². The van der Waals surface area contributed by atoms with Crippen molar-refractivity contribution in [2.45, 2.75) is 25.3 Å². The second-order valence-corrected chi connectivity index (χ2v) is 8.06. The van der Waals surface area contributed by atoms with E-state index in [9.17, 15) is 13.2 Å². The lowest BCUT2D eigenvalue weighted by Crippen LogP contribution is -2.29. The Morgan fingerprint density at radius 2 is 1.79 bits per heavy atom. The Morgan fingerprint density at radius 1 is 1.07 bits per heavy atom. The summed E-state index contributed by atoms with van der Waals surface area (Å²) in [5, 5.41) is 2.76. The number of aryl methyl sites for hydroxylation is 1. The number of carbonyl (C=O) groups is 1. The van der Waals surface area contributed by atoms with Crippen molar-refractivity contribution in [2.75, 3.05) is 26.9 Å². The predicted octanol–water partition coefficient (Wildman–Crippen LogP) is 1.92. The lowest BCUT2D eigenvalue weighted by Gasteiger charge is -2.11. The minimum atomic E-state index is -3.56. The van der Waals surface area contributed by atoms with Crippen molar-refractivity contribution < 1.29 is 22.7 Å². The Balaban J connectivity index is 1.84. The summed E-state index contributed by atoms with van der Waals surface area (Å²) in [4.78, 5) is 12.2. The van der Waals surface area contributed by atoms with E-state index in [0.29, 0.717) is 12.4 Å². The first-order valence-corrected chi connectivity index (χ1v) is 10.3. The van der Waals surface area contributed by atoms with Crippen LogP contribution in [0.1, 0.15) is 16.7 Å². The third-order valence-electron chi connectivity index (χ3n) is 4.24. The van der Waals surface area contributed by atoms with Crippen molar-refractivity contribution in [3.05, 3.63) is 59.2 Å². The highest BCUT2D eigenvalue weighted by Crippen LogP contribution is 2.20. The minimum absolute atomic E-state index is 0.0832. The number of amides is 1. The average molecular weight is 407 g/mol. The summed E-state index contributed by atoms with van der Waals surface area (Å²) in [6.07, 6.45) is 0. The number of nitrogens with one attached hydrogen (secondary N) is 2. The molecule has 0 fully saturated rings. The molecule has 2 aromatic carbocycles. The third-order valence-corrected chi connectivity index (χ3v) is 5.71. The maximum absolute atomic E-state index is 12.1. The van der Waals surface area contributed by atoms with Crippen LogP contribution in [0.15, 0.2) is 47.4 Å². The van der Waals surface area contributed by atoms with Crippen LogP contribution in [-0.2, 0) is 26.1 Å². The minimum Gasteiger partial charge on any atom is -0.483 e. The summed E-state index contributed by atoms with van der Waals surface area (Å²) < 4.78 is 37.1. The van der Waals surface area contributed by atoms with Crippen LogP contribution in [0.2, 0.25) is 0 Å². The first-order valence-electron chi connectivity index (χ1n) is 8.87. The smallest absolute Gasteiger partial charge is 0.258 e. The summed E-state index contributed by atoms with van der Waals surface area (Å²) in [6, 6.07) is 12.0. The molecule has 0 aliphatic carbocycles. The number of benzene rings is 2. The zero-order valence-electron chi connectivity index (χ0n) is 16.3. The Bertz CT molecular complexity index is 895. The van der Waals surface area contributed by atoms with Crippen LogP contribution >= 0.6 is 0 Å². The van der Waals surface area contributed by atoms with Crippen LogP contribution in [0.4, 0.5) is 0 Å². The van der Waals surface area contributed by atoms with Gasteiger partial charge in [0.05, 0.1) is 11.5 Å². The van der Waals surface area contributed by atoms with Gasteiger partial charge in [0, 0.05) is 20.2 Å². The molecule has 152 valence electrons. The van der Waals surface area contributed by atoms with Crippen LogP contribution in [-0.4, -0.2) is 41.2 Å². The van der Waals surface area contributed by atoms with Gasteiger partial charge in [0.15, 0.2) is 6.61 Å². The molecular weight excluding hydrogens is 380 g/mol. The zero-order valence-corrected chi connectivity index (χ0v) is 17.1. The van der Waals surface area contributed by atoms with Crippen molar-refractivity contribution in [2.24, 2.45) is 0 Å². The van der Waals surface area contributed by atoms with E-state index in [4.69, 9.17) is 9.47 Å². The summed E-state index contributed by atoms with van der Waals surface area (Å²) in [5.41, 5.74) is 2.90. The number of carbonyl (C=O) groups excluding carboxylic acids is 1. The molecule has 0 bridgehead atoms. The van der Waals surface area contributed by atoms with Crippen LogP contribution in [0.5, 0.6) is 5.75 Å². The molecule has 0 radical (unpaired) electrons. The largest absolute Gasteiger partial charge is 0.483 e. The fourth-order valence-corrected chi connectivity index (χ4v) is 3.44. The number of ether oxygens (including phenoxy) is 2. The Labute approximate surface area is 166 Å². The van der Waals surface area contributed by atoms with Crippen molar-refractivity contribution in [3.8, 4) is 5.75 Å². The van der Waals surface area contributed by atoms with E-state index >= 15 is 0 Å². The lowest BCUT2D eigenvalue weighted by molar-refractivity contribution is -0.123. The SMILES string of the molecule is COCCNS(=O)(=O)c1ccc(CNC(=O)COc2cccc(C)c2C)cc1. The molecule has 0 saturated heterocycles. The van der Waals surface area contributed by atoms with Crippen LogP contribution < -0.4 is 14.8 Å². The van der Waals surface area contributed by atoms with E-state index in [0.717, 1.165) is 16.7 Å². The fourth-order valence-electron chi connectivity index (χ4n) is 2.42. The zero-order chi connectivity index (χ0) is 20.6. The van der Waals surface area contributed by atoms with Gasteiger partial charge in [-0.3, -0.25) is 4.79 Å². The van der Waals surface area contributed by atoms with E-state index < -0.39 is 10.0 Å². The lowest BCUT2D eigenvalue weighted by atomic mass is 10.1. The average Bonchev–Trinajstić information content (AvgIpc) is 2.68. The van der Waals surface area contributed by atoms with Gasteiger partial charge in [0.1, 0.15) is 5.75 Å². The van der Waals surface area contributed by atoms with Crippen molar-refractivity contribution >= 4 is 15.9 Å². The Morgan fingerprint density at radius 3 is 2.46 bits per heavy atom. The third kappa shape index (κ3) is 6.33. The van der Waals surface area contributed by atoms with E-state index in [1.807, 2.05) is 32.0 Å². The summed E-state index contributed by atoms with van der Waals surface area (Å²) in [7, 11) is -2.06. The molecule has 7 nitrogen and oxygen atoms in total. The molecule has 8 heteroatoms. The molecule has 0 heterocycles. The molecule has 2 aromatic rings. The van der Waals surface area contributed by atoms with E-state index in [-0.39, 0.29) is 30.5 Å². The second-order valence-electron chi connectivity index (χ2n) is 6.30. The van der Waals surface area contributed by atoms with Gasteiger partial charge in [0.2, 0.25) is 10.0 Å². The molecule has 0 aromatic heterocycles. The highest BCUT2D eigenvalue weighted by atomic mass is 32.2. The summed E-state index contributed by atoms with van der Waals surface area (Å²) in [6.45, 7) is 4.64. The number of methoxy groups -OCH3 is 1. The molecule has 0 atom stereocenters. The van der Waals surface area contributed by atoms with Crippen LogP contribution in [0.25, 0.3) is 0 Å². The topological polar surface area (TPSA) is 93.7 Å². The molecule has 28 heavy (non-hydrogen) atoms. The number of hydrogen-bond donors (Lipinski definition) is 2. The van der Waals surface area contributed by atoms with E-state index in [1.54, 1.807) is 12.1 Å². The van der Waals surface area contributed by atoms with Crippen molar-refractivity contribution in [1.29, 1.82) is 0 Å². The van der Waals surface area contributed by atoms with Gasteiger partial charge in [-0.2, -0.15) is 0 Å². The molecule has 0 unspecified atom stereocenters. The van der Waals surface area contributed by atoms with Crippen LogP contribution in [0.3, 0.4) is 0 Å². The highest BCUT2D eigenvalue weighted by molar-refractivity contribution is 7.89. The van der Waals surface area contributed by atoms with Gasteiger partial charge in [-0.25, -0.2) is 13.1 Å². The summed E-state index contributed by atoms with van der Waals surface area (Å²) in [5.74, 6) is 0.435. The number of hydrogen-bond acceptors (Lipinski definition) is 5. The van der Waals surface area contributed by atoms with Gasteiger partial charge in [-0.1, -0.05) is 24.3 Å². The van der Waals surface area contributed by atoms with Crippen LogP contribution in [0, 0.1) is 13.8 Å². The molecular formula is C20H26N2O5S. The van der Waals surface area contributed by atoms with E-state index in [1.165, 1.54) is 19.2 Å². The van der Waals surface area contributed by atoms with Crippen molar-refractivity contribution in [3.63, 3.8) is 0 Å². The van der Waals surface area contributed by atoms with Gasteiger partial charge in [-0.05, 0) is 48.7 Å². The monoisotopic (exact) mass is 406 g/mol. The second kappa shape index (κ2) is 10.2. The standard InChI is InChI=1S/C20H26N2O5S/c1-15-5-4-6-19(16(15)2)27-14-20(23)21-13-17-7-9-18(10-8-17)28(24,25)22-11-12-26-3/h4-10,22H,11-14H2,1-3H3,(H,21,23). The van der Waals surface area contributed by atoms with Gasteiger partial charge < -0.3 is 14.8 Å². The number of sulfonamides is 1. The van der Waals surface area contributed by atoms with Gasteiger partial charge in [0.25, 0.3) is 5.91 Å². The molecule has 0 saturated carbocycles. The summed E-state index contributed by atoms with van der Waals surface area (Å²) >= 11 is 0. The Hall–Kier alpha value is -2.42.